The van der Waals surface area contributed by atoms with Crippen LogP contribution in [0.3, 0.4) is 0 Å². The lowest BCUT2D eigenvalue weighted by Crippen LogP contribution is -2.19. The van der Waals surface area contributed by atoms with E-state index >= 15 is 0 Å². The van der Waals surface area contributed by atoms with Gasteiger partial charge in [0.2, 0.25) is 0 Å². The molecule has 0 saturated heterocycles. The molecule has 112 valence electrons. The first-order valence-electron chi connectivity index (χ1n) is 6.33. The summed E-state index contributed by atoms with van der Waals surface area (Å²) < 4.78 is -0.750. The molecular weight excluding hydrogens is 309 g/mol. The van der Waals surface area contributed by atoms with E-state index < -0.39 is 10.3 Å². The van der Waals surface area contributed by atoms with Gasteiger partial charge in [0.1, 0.15) is 0 Å². The number of carboxylic acids is 1. The number of aliphatic carboxylic acids is 1. The smallest absolute Gasteiger partial charge is 0.354 e. The Morgan fingerprint density at radius 3 is 1.74 bits per heavy atom. The van der Waals surface area contributed by atoms with Gasteiger partial charge in [-0.1, -0.05) is 81.3 Å². The van der Waals surface area contributed by atoms with Crippen LogP contribution in [-0.2, 0) is 4.79 Å². The fraction of sp³-hybridized carbons (Fsp3) is 0.692. The second-order valence-corrected chi connectivity index (χ2v) is 5.72. The van der Waals surface area contributed by atoms with Crippen LogP contribution >= 0.6 is 34.8 Å². The van der Waals surface area contributed by atoms with Gasteiger partial charge in [-0.15, -0.1) is 0 Å². The number of halogens is 3. The molecule has 0 spiro atoms. The number of hydrogen-bond acceptors (Lipinski definition) is 2. The van der Waals surface area contributed by atoms with E-state index in [1.807, 2.05) is 6.92 Å². The van der Waals surface area contributed by atoms with Crippen LogP contribution in [0.2, 0.25) is 0 Å². The summed E-state index contributed by atoms with van der Waals surface area (Å²) in [5.41, 5.74) is 1.06. The van der Waals surface area contributed by atoms with Crippen molar-refractivity contribution >= 4 is 46.5 Å². The van der Waals surface area contributed by atoms with E-state index in [1.54, 1.807) is 6.20 Å². The third kappa shape index (κ3) is 14.0. The standard InChI is InChI=1S/C6H7NO2.C6H14.CHCl3/c1-2-4-3-7-5(4)6(8)9;1-3-5-6-4-2;2-1(3)4/h3H,2H2,1H3,(H,8,9);3-6H2,1-2H3;1H. The fourth-order valence-corrected chi connectivity index (χ4v) is 1.17. The SMILES string of the molecule is CCC1=CN=C1C(=O)O.CCCCCC.ClC(Cl)Cl. The molecule has 1 N–H and O–H groups in total. The quantitative estimate of drug-likeness (QED) is 0.542. The van der Waals surface area contributed by atoms with Gasteiger partial charge in [0.15, 0.2) is 10.0 Å². The average Bonchev–Trinajstić information content (AvgIpc) is 2.24. The maximum Gasteiger partial charge on any atom is 0.354 e. The van der Waals surface area contributed by atoms with E-state index in [9.17, 15) is 4.79 Å². The Balaban J connectivity index is 0. The van der Waals surface area contributed by atoms with Crippen LogP contribution in [-0.4, -0.2) is 21.1 Å². The number of nitrogens with zero attached hydrogens (tertiary/aromatic N) is 1. The van der Waals surface area contributed by atoms with Crippen molar-refractivity contribution < 1.29 is 9.90 Å². The second kappa shape index (κ2) is 14.2. The van der Waals surface area contributed by atoms with Crippen LogP contribution in [0.1, 0.15) is 52.9 Å². The predicted molar refractivity (Wildman–Crippen MR) is 84.6 cm³/mol. The summed E-state index contributed by atoms with van der Waals surface area (Å²) >= 11 is 14.4. The number of rotatable bonds is 5. The molecule has 0 aromatic rings. The van der Waals surface area contributed by atoms with Gasteiger partial charge in [0, 0.05) is 11.8 Å². The molecule has 0 unspecified atom stereocenters. The molecule has 1 aliphatic heterocycles. The van der Waals surface area contributed by atoms with Crippen molar-refractivity contribution in [3.63, 3.8) is 0 Å². The van der Waals surface area contributed by atoms with E-state index in [2.05, 4.69) is 18.8 Å². The highest BCUT2D eigenvalue weighted by Crippen LogP contribution is 2.12. The largest absolute Gasteiger partial charge is 0.477 e. The zero-order valence-corrected chi connectivity index (χ0v) is 13.9. The van der Waals surface area contributed by atoms with Gasteiger partial charge in [-0.05, 0) is 6.42 Å². The molecule has 1 heterocycles. The van der Waals surface area contributed by atoms with Crippen LogP contribution in [0.15, 0.2) is 16.8 Å². The molecule has 0 amide bonds. The third-order valence-electron chi connectivity index (χ3n) is 2.19. The highest BCUT2D eigenvalue weighted by Gasteiger charge is 2.18. The number of hydrogen-bond donors (Lipinski definition) is 1. The molecule has 1 rings (SSSR count). The average molecular weight is 331 g/mol. The first kappa shape index (κ1) is 21.1. The first-order chi connectivity index (χ1) is 8.90. The molecule has 0 aromatic carbocycles. The molecule has 0 atom stereocenters. The Morgan fingerprint density at radius 1 is 1.21 bits per heavy atom. The summed E-state index contributed by atoms with van der Waals surface area (Å²) in [6, 6.07) is 0. The van der Waals surface area contributed by atoms with Gasteiger partial charge in [0.05, 0.1) is 0 Å². The van der Waals surface area contributed by atoms with E-state index in [0.29, 0.717) is 0 Å². The zero-order valence-electron chi connectivity index (χ0n) is 11.6. The number of carboxylic acid groups (broad SMARTS) is 1. The number of carbonyl (C=O) groups is 1. The van der Waals surface area contributed by atoms with Crippen LogP contribution < -0.4 is 0 Å². The highest BCUT2D eigenvalue weighted by molar-refractivity contribution is 6.63. The molecule has 0 bridgehead atoms. The van der Waals surface area contributed by atoms with Crippen molar-refractivity contribution in [2.75, 3.05) is 0 Å². The van der Waals surface area contributed by atoms with Crippen LogP contribution in [0.4, 0.5) is 0 Å². The lowest BCUT2D eigenvalue weighted by molar-refractivity contribution is -0.129. The zero-order chi connectivity index (χ0) is 15.3. The number of unbranched alkanes of at least 4 members (excludes halogenated alkanes) is 3. The van der Waals surface area contributed by atoms with Crippen molar-refractivity contribution in [1.82, 2.24) is 0 Å². The minimum Gasteiger partial charge on any atom is -0.477 e. The van der Waals surface area contributed by atoms with Crippen LogP contribution in [0, 0.1) is 0 Å². The summed E-state index contributed by atoms with van der Waals surface area (Å²) in [7, 11) is 0. The van der Waals surface area contributed by atoms with E-state index in [-0.39, 0.29) is 5.71 Å². The molecule has 0 fully saturated rings. The van der Waals surface area contributed by atoms with Crippen molar-refractivity contribution in [1.29, 1.82) is 0 Å². The van der Waals surface area contributed by atoms with E-state index in [0.717, 1.165) is 12.0 Å². The van der Waals surface area contributed by atoms with Gasteiger partial charge in [-0.3, -0.25) is 0 Å². The molecule has 0 aromatic heterocycles. The maximum atomic E-state index is 10.2. The van der Waals surface area contributed by atoms with Crippen LogP contribution in [0.25, 0.3) is 0 Å². The minimum atomic E-state index is -0.922. The van der Waals surface area contributed by atoms with Crippen molar-refractivity contribution in [3.05, 3.63) is 11.8 Å². The molecule has 0 radical (unpaired) electrons. The molecule has 1 aliphatic rings. The Kier molecular flexibility index (Phi) is 15.7. The number of aliphatic imine (C=N–C) groups is 1. The molecular formula is C13H22Cl3NO2. The van der Waals surface area contributed by atoms with Gasteiger partial charge >= 0.3 is 5.97 Å². The Bertz CT molecular complexity index is 296. The normalized spacial score (nSPS) is 12.2. The number of alkyl halides is 3. The molecule has 0 saturated carbocycles. The maximum absolute atomic E-state index is 10.2. The molecule has 0 aliphatic carbocycles. The molecule has 6 heteroatoms. The molecule has 3 nitrogen and oxygen atoms in total. The first-order valence-corrected chi connectivity index (χ1v) is 7.64. The fourth-order valence-electron chi connectivity index (χ4n) is 1.17. The summed E-state index contributed by atoms with van der Waals surface area (Å²) in [4.78, 5) is 13.8. The van der Waals surface area contributed by atoms with Gasteiger partial charge in [-0.25, -0.2) is 9.79 Å². The van der Waals surface area contributed by atoms with Crippen molar-refractivity contribution in [2.24, 2.45) is 4.99 Å². The Hall–Kier alpha value is -0.250. The lowest BCUT2D eigenvalue weighted by atomic mass is 10.1. The van der Waals surface area contributed by atoms with E-state index in [4.69, 9.17) is 39.9 Å². The minimum absolute atomic E-state index is 0.220. The van der Waals surface area contributed by atoms with E-state index in [1.165, 1.54) is 25.7 Å². The Morgan fingerprint density at radius 2 is 1.63 bits per heavy atom. The van der Waals surface area contributed by atoms with Crippen molar-refractivity contribution in [2.45, 2.75) is 57.2 Å². The monoisotopic (exact) mass is 329 g/mol. The van der Waals surface area contributed by atoms with Crippen LogP contribution in [0.5, 0.6) is 0 Å². The second-order valence-electron chi connectivity index (χ2n) is 3.75. The topological polar surface area (TPSA) is 49.7 Å². The highest BCUT2D eigenvalue weighted by atomic mass is 35.6. The molecule has 19 heavy (non-hydrogen) atoms. The van der Waals surface area contributed by atoms with Gasteiger partial charge < -0.3 is 5.11 Å². The Labute approximate surface area is 130 Å². The third-order valence-corrected chi connectivity index (χ3v) is 2.19. The van der Waals surface area contributed by atoms with Crippen molar-refractivity contribution in [3.8, 4) is 0 Å². The summed E-state index contributed by atoms with van der Waals surface area (Å²) in [5, 5.41) is 8.36. The summed E-state index contributed by atoms with van der Waals surface area (Å²) in [6.45, 7) is 6.37. The lowest BCUT2D eigenvalue weighted by Gasteiger charge is -2.08. The summed E-state index contributed by atoms with van der Waals surface area (Å²) in [6.07, 6.45) is 7.88. The van der Waals surface area contributed by atoms with Gasteiger partial charge in [0.25, 0.3) is 0 Å². The summed E-state index contributed by atoms with van der Waals surface area (Å²) in [5.74, 6) is -0.922. The van der Waals surface area contributed by atoms with Gasteiger partial charge in [-0.2, -0.15) is 0 Å². The predicted octanol–water partition coefficient (Wildman–Crippen LogP) is 5.39.